The van der Waals surface area contributed by atoms with E-state index < -0.39 is 0 Å². The van der Waals surface area contributed by atoms with Crippen LogP contribution < -0.4 is 9.80 Å². The maximum absolute atomic E-state index is 2.42. The summed E-state index contributed by atoms with van der Waals surface area (Å²) in [5, 5.41) is 9.96. The van der Waals surface area contributed by atoms with Gasteiger partial charge in [-0.2, -0.15) is 0 Å². The van der Waals surface area contributed by atoms with E-state index in [2.05, 4.69) is 526 Å². The zero-order valence-electron chi connectivity index (χ0n) is 69.0. The van der Waals surface area contributed by atoms with Gasteiger partial charge in [0, 0.05) is 100.0 Å². The van der Waals surface area contributed by atoms with Crippen molar-refractivity contribution >= 4 is 121 Å². The molecule has 126 heavy (non-hydrogen) atoms. The number of benzene rings is 20. The Bertz CT molecular complexity index is 7520. The number of hydrogen-bond acceptors (Lipinski definition) is 2. The molecule has 24 rings (SSSR count). The highest BCUT2D eigenvalue weighted by atomic mass is 15.1. The Labute approximate surface area is 731 Å². The third-order valence-corrected chi connectivity index (χ3v) is 25.0. The summed E-state index contributed by atoms with van der Waals surface area (Å²) in [5.74, 6) is 0. The summed E-state index contributed by atoms with van der Waals surface area (Å²) in [4.78, 5) is 4.61. The monoisotopic (exact) mass is 1610 g/mol. The van der Waals surface area contributed by atoms with Gasteiger partial charge in [0.05, 0.1) is 44.1 Å². The number of aromatic nitrogens is 4. The molecule has 6 nitrogen and oxygen atoms in total. The number of fused-ring (bicyclic) bond motifs is 12. The molecule has 0 unspecified atom stereocenters. The highest BCUT2D eigenvalue weighted by Gasteiger charge is 2.22. The van der Waals surface area contributed by atoms with Crippen molar-refractivity contribution in [1.82, 2.24) is 18.3 Å². The van der Waals surface area contributed by atoms with Crippen molar-refractivity contribution in [3.05, 3.63) is 497 Å². The lowest BCUT2D eigenvalue weighted by molar-refractivity contribution is 1.18. The summed E-state index contributed by atoms with van der Waals surface area (Å²) in [7, 11) is 0. The molecule has 20 aromatic carbocycles. The molecule has 0 atom stereocenters. The summed E-state index contributed by atoms with van der Waals surface area (Å²) >= 11 is 0. The van der Waals surface area contributed by atoms with Crippen LogP contribution in [0.25, 0.3) is 177 Å². The number of rotatable bonds is 16. The normalized spacial score (nSPS) is 11.5. The van der Waals surface area contributed by atoms with Crippen LogP contribution in [0.2, 0.25) is 0 Å². The standard InChI is InChI=1S/C60H39N3.C60H43N3/c1-2-12-40(13-3-1)41-22-30-48(31-23-41)63-59-36-28-44(42-24-32-46(33-25-42)61-55-18-8-4-14-49(55)50-15-5-9-19-56(50)61)38-53(59)54-39-45(29-37-60(54)63)43-26-34-47(35-27-43)62-57-20-10-6-16-51(57)52-17-7-11-21-58(52)62;1-6-16-44(17-7-1)45-26-38-56(39-27-45)63-59-40-32-48(46-28-34-54(35-29-46)61(50-18-8-2-9-19-50)51-20-10-3-11-21-51)42-57(59)58-43-49(33-41-60(58)63)47-30-36-55(37-31-47)62(52-22-12-4-13-23-52)53-24-14-5-15-25-53/h1-39H;1-43H. The van der Waals surface area contributed by atoms with Gasteiger partial charge in [-0.25, -0.2) is 0 Å². The van der Waals surface area contributed by atoms with Gasteiger partial charge < -0.3 is 28.1 Å². The van der Waals surface area contributed by atoms with Crippen LogP contribution in [0.5, 0.6) is 0 Å². The molecule has 592 valence electrons. The molecule has 0 amide bonds. The van der Waals surface area contributed by atoms with E-state index in [0.717, 1.165) is 56.9 Å². The Morgan fingerprint density at radius 2 is 0.270 bits per heavy atom. The highest BCUT2D eigenvalue weighted by molar-refractivity contribution is 6.15. The minimum absolute atomic E-state index is 1.11. The Balaban J connectivity index is 0.000000145. The maximum Gasteiger partial charge on any atom is 0.0541 e. The number of para-hydroxylation sites is 8. The van der Waals surface area contributed by atoms with Gasteiger partial charge in [-0.3, -0.25) is 0 Å². The van der Waals surface area contributed by atoms with Crippen molar-refractivity contribution in [3.8, 4) is 89.5 Å². The second-order valence-electron chi connectivity index (χ2n) is 32.4. The van der Waals surface area contributed by atoms with Gasteiger partial charge in [0.1, 0.15) is 0 Å². The quantitative estimate of drug-likeness (QED) is 0.0964. The van der Waals surface area contributed by atoms with Crippen LogP contribution in [-0.2, 0) is 0 Å². The molecular weight excluding hydrogens is 1530 g/mol. The van der Waals surface area contributed by atoms with Crippen molar-refractivity contribution in [2.75, 3.05) is 9.80 Å². The van der Waals surface area contributed by atoms with E-state index in [0.29, 0.717) is 0 Å². The fourth-order valence-corrected chi connectivity index (χ4v) is 19.0. The molecule has 0 saturated carbocycles. The van der Waals surface area contributed by atoms with E-state index in [-0.39, 0.29) is 0 Å². The van der Waals surface area contributed by atoms with Gasteiger partial charge >= 0.3 is 0 Å². The second-order valence-corrected chi connectivity index (χ2v) is 32.4. The number of hydrogen-bond donors (Lipinski definition) is 0. The number of nitrogens with zero attached hydrogens (tertiary/aromatic N) is 6. The maximum atomic E-state index is 2.42. The van der Waals surface area contributed by atoms with E-state index in [9.17, 15) is 0 Å². The fraction of sp³-hybridized carbons (Fsp3) is 0. The van der Waals surface area contributed by atoms with Crippen LogP contribution >= 0.6 is 0 Å². The molecule has 0 aliphatic rings. The minimum atomic E-state index is 1.11. The highest BCUT2D eigenvalue weighted by Crippen LogP contribution is 2.45. The van der Waals surface area contributed by atoms with Crippen LogP contribution in [0.3, 0.4) is 0 Å². The predicted molar refractivity (Wildman–Crippen MR) is 532 cm³/mol. The van der Waals surface area contributed by atoms with Crippen LogP contribution in [0.1, 0.15) is 0 Å². The average molecular weight is 1610 g/mol. The van der Waals surface area contributed by atoms with Crippen LogP contribution in [-0.4, -0.2) is 18.3 Å². The summed E-state index contributed by atoms with van der Waals surface area (Å²) in [6.45, 7) is 0. The predicted octanol–water partition coefficient (Wildman–Crippen LogP) is 32.7. The second kappa shape index (κ2) is 32.0. The summed E-state index contributed by atoms with van der Waals surface area (Å²) < 4.78 is 9.59. The third kappa shape index (κ3) is 13.5. The van der Waals surface area contributed by atoms with Gasteiger partial charge in [-0.1, -0.05) is 303 Å². The Morgan fingerprint density at radius 1 is 0.111 bits per heavy atom. The molecule has 24 aromatic rings. The zero-order chi connectivity index (χ0) is 83.4. The molecule has 0 radical (unpaired) electrons. The van der Waals surface area contributed by atoms with Gasteiger partial charge in [0.15, 0.2) is 0 Å². The van der Waals surface area contributed by atoms with E-state index in [1.54, 1.807) is 0 Å². The van der Waals surface area contributed by atoms with Crippen molar-refractivity contribution < 1.29 is 0 Å². The molecule has 0 saturated heterocycles. The van der Waals surface area contributed by atoms with Crippen molar-refractivity contribution in [2.24, 2.45) is 0 Å². The molecule has 0 aliphatic heterocycles. The molecule has 0 spiro atoms. The molecule has 4 aromatic heterocycles. The molecule has 0 N–H and O–H groups in total. The van der Waals surface area contributed by atoms with Crippen LogP contribution in [0, 0.1) is 0 Å². The molecule has 0 bridgehead atoms. The molecule has 4 heterocycles. The Morgan fingerprint density at radius 3 is 0.500 bits per heavy atom. The average Bonchev–Trinajstić information content (AvgIpc) is 1.60. The first-order valence-corrected chi connectivity index (χ1v) is 43.2. The summed E-state index contributed by atoms with van der Waals surface area (Å²) in [6, 6.07) is 180. The minimum Gasteiger partial charge on any atom is -0.311 e. The van der Waals surface area contributed by atoms with Gasteiger partial charge in [-0.15, -0.1) is 0 Å². The first-order valence-electron chi connectivity index (χ1n) is 43.2. The molecule has 0 fully saturated rings. The largest absolute Gasteiger partial charge is 0.311 e. The van der Waals surface area contributed by atoms with Crippen LogP contribution in [0.4, 0.5) is 34.1 Å². The molecule has 6 heteroatoms. The smallest absolute Gasteiger partial charge is 0.0541 e. The third-order valence-electron chi connectivity index (χ3n) is 25.0. The van der Waals surface area contributed by atoms with Crippen molar-refractivity contribution in [2.45, 2.75) is 0 Å². The van der Waals surface area contributed by atoms with E-state index in [1.165, 1.54) is 154 Å². The van der Waals surface area contributed by atoms with Gasteiger partial charge in [0.25, 0.3) is 0 Å². The molecular formula is C120H82N6. The van der Waals surface area contributed by atoms with Crippen molar-refractivity contribution in [3.63, 3.8) is 0 Å². The lowest BCUT2D eigenvalue weighted by atomic mass is 9.99. The molecule has 0 aliphatic carbocycles. The first-order chi connectivity index (χ1) is 62.5. The Hall–Kier alpha value is -16.8. The first kappa shape index (κ1) is 74.3. The lowest BCUT2D eigenvalue weighted by Gasteiger charge is -2.25. The van der Waals surface area contributed by atoms with Gasteiger partial charge in [-0.05, 0) is 261 Å². The van der Waals surface area contributed by atoms with E-state index in [4.69, 9.17) is 0 Å². The van der Waals surface area contributed by atoms with Crippen molar-refractivity contribution in [1.29, 1.82) is 0 Å². The lowest BCUT2D eigenvalue weighted by Crippen LogP contribution is -2.09. The van der Waals surface area contributed by atoms with E-state index in [1.807, 2.05) is 0 Å². The Kier molecular flexibility index (Phi) is 18.8. The zero-order valence-corrected chi connectivity index (χ0v) is 69.0. The summed E-state index contributed by atoms with van der Waals surface area (Å²) in [6.07, 6.45) is 0. The topological polar surface area (TPSA) is 26.2 Å². The van der Waals surface area contributed by atoms with E-state index >= 15 is 0 Å². The SMILES string of the molecule is c1ccc(-c2ccc(-n3c4ccc(-c5ccc(-n6c7ccccc7c7ccccc76)cc5)cc4c4cc(-c5ccc(-n6c7ccccc7c7ccccc76)cc5)ccc43)cc2)cc1.c1ccc(-c2ccc(-n3c4ccc(-c5ccc(N(c6ccccc6)c6ccccc6)cc5)cc4c4cc(-c5ccc(N(c6ccccc6)c6ccccc6)cc5)ccc43)cc2)cc1. The summed E-state index contributed by atoms with van der Waals surface area (Å²) in [5.41, 5.74) is 35.2. The van der Waals surface area contributed by atoms with Crippen LogP contribution in [0.15, 0.2) is 497 Å². The fourth-order valence-electron chi connectivity index (χ4n) is 19.0. The van der Waals surface area contributed by atoms with Gasteiger partial charge in [0.2, 0.25) is 0 Å². The number of anilines is 6.